The van der Waals surface area contributed by atoms with Gasteiger partial charge in [0.2, 0.25) is 11.8 Å². The van der Waals surface area contributed by atoms with Gasteiger partial charge < -0.3 is 10.2 Å². The van der Waals surface area contributed by atoms with Crippen molar-refractivity contribution in [2.45, 2.75) is 47.1 Å². The van der Waals surface area contributed by atoms with E-state index in [-0.39, 0.29) is 11.8 Å². The van der Waals surface area contributed by atoms with Gasteiger partial charge in [-0.2, -0.15) is 0 Å². The predicted octanol–water partition coefficient (Wildman–Crippen LogP) is 2.57. The van der Waals surface area contributed by atoms with E-state index in [1.807, 2.05) is 45.9 Å². The van der Waals surface area contributed by atoms with Gasteiger partial charge in [0.05, 0.1) is 0 Å². The van der Waals surface area contributed by atoms with Crippen LogP contribution in [0.2, 0.25) is 0 Å². The lowest BCUT2D eigenvalue weighted by Gasteiger charge is -2.22. The summed E-state index contributed by atoms with van der Waals surface area (Å²) >= 11 is 0. The summed E-state index contributed by atoms with van der Waals surface area (Å²) in [6.07, 6.45) is 0.660. The van der Waals surface area contributed by atoms with Crippen LogP contribution in [0.3, 0.4) is 0 Å². The van der Waals surface area contributed by atoms with Crippen molar-refractivity contribution in [1.82, 2.24) is 5.32 Å². The fraction of sp³-hybridized carbons (Fsp3) is 0.529. The van der Waals surface area contributed by atoms with Crippen molar-refractivity contribution in [3.8, 4) is 0 Å². The third-order valence-electron chi connectivity index (χ3n) is 3.99. The first kappa shape index (κ1) is 15.5. The predicted molar refractivity (Wildman–Crippen MR) is 84.3 cm³/mol. The van der Waals surface area contributed by atoms with Crippen LogP contribution in [0.5, 0.6) is 0 Å². The zero-order valence-corrected chi connectivity index (χ0v) is 13.5. The summed E-state index contributed by atoms with van der Waals surface area (Å²) in [5.74, 6) is -0.0985. The summed E-state index contributed by atoms with van der Waals surface area (Å²) in [6.45, 7) is 10.3. The summed E-state index contributed by atoms with van der Waals surface area (Å²) in [5.41, 5.74) is 2.81. The van der Waals surface area contributed by atoms with Crippen molar-refractivity contribution < 1.29 is 9.59 Å². The Bertz CT molecular complexity index is 573. The molecule has 0 spiro atoms. The molecule has 4 nitrogen and oxygen atoms in total. The summed E-state index contributed by atoms with van der Waals surface area (Å²) in [4.78, 5) is 26.3. The lowest BCUT2D eigenvalue weighted by Crippen LogP contribution is -2.45. The number of hydrogen-bond donors (Lipinski definition) is 1. The molecule has 1 aliphatic rings. The summed E-state index contributed by atoms with van der Waals surface area (Å²) in [7, 11) is 0. The minimum absolute atomic E-state index is 0.0177. The SMILES string of the molecule is Cc1ccc(N2CC[C@@H](NC(=O)C(C)(C)C)C2=O)cc1C. The van der Waals surface area contributed by atoms with Crippen molar-refractivity contribution in [2.75, 3.05) is 11.4 Å². The monoisotopic (exact) mass is 288 g/mol. The van der Waals surface area contributed by atoms with Crippen LogP contribution in [-0.2, 0) is 9.59 Å². The van der Waals surface area contributed by atoms with E-state index >= 15 is 0 Å². The van der Waals surface area contributed by atoms with Gasteiger partial charge in [-0.15, -0.1) is 0 Å². The number of benzene rings is 1. The first-order valence-electron chi connectivity index (χ1n) is 7.40. The van der Waals surface area contributed by atoms with E-state index in [4.69, 9.17) is 0 Å². The van der Waals surface area contributed by atoms with Gasteiger partial charge in [0.15, 0.2) is 0 Å². The molecule has 0 bridgehead atoms. The van der Waals surface area contributed by atoms with Crippen molar-refractivity contribution in [1.29, 1.82) is 0 Å². The number of anilines is 1. The topological polar surface area (TPSA) is 49.4 Å². The van der Waals surface area contributed by atoms with Crippen LogP contribution < -0.4 is 10.2 Å². The second-order valence-corrected chi connectivity index (χ2v) is 6.82. The molecule has 1 aliphatic heterocycles. The molecular weight excluding hydrogens is 264 g/mol. The van der Waals surface area contributed by atoms with Gasteiger partial charge in [-0.3, -0.25) is 9.59 Å². The van der Waals surface area contributed by atoms with Crippen LogP contribution in [0, 0.1) is 19.3 Å². The number of aryl methyl sites for hydroxylation is 2. The number of rotatable bonds is 2. The van der Waals surface area contributed by atoms with E-state index in [1.165, 1.54) is 11.1 Å². The van der Waals surface area contributed by atoms with Crippen LogP contribution in [0.25, 0.3) is 0 Å². The van der Waals surface area contributed by atoms with Crippen LogP contribution in [0.15, 0.2) is 18.2 Å². The zero-order valence-electron chi connectivity index (χ0n) is 13.5. The molecule has 0 aromatic heterocycles. The molecule has 1 N–H and O–H groups in total. The standard InChI is InChI=1S/C17H24N2O2/c1-11-6-7-13(10-12(11)2)19-9-8-14(15(19)20)18-16(21)17(3,4)5/h6-7,10,14H,8-9H2,1-5H3,(H,18,21)/t14-/m1/s1. The summed E-state index contributed by atoms with van der Waals surface area (Å²) < 4.78 is 0. The Morgan fingerprint density at radius 1 is 1.24 bits per heavy atom. The molecule has 1 fully saturated rings. The number of carbonyl (C=O) groups is 2. The highest BCUT2D eigenvalue weighted by Crippen LogP contribution is 2.24. The number of carbonyl (C=O) groups excluding carboxylic acids is 2. The van der Waals surface area contributed by atoms with Crippen molar-refractivity contribution >= 4 is 17.5 Å². The van der Waals surface area contributed by atoms with Gasteiger partial charge >= 0.3 is 0 Å². The lowest BCUT2D eigenvalue weighted by atomic mass is 9.95. The van der Waals surface area contributed by atoms with E-state index in [0.717, 1.165) is 5.69 Å². The second kappa shape index (κ2) is 5.51. The smallest absolute Gasteiger partial charge is 0.249 e. The minimum Gasteiger partial charge on any atom is -0.344 e. The van der Waals surface area contributed by atoms with E-state index in [1.54, 1.807) is 4.90 Å². The first-order chi connectivity index (χ1) is 9.70. The summed E-state index contributed by atoms with van der Waals surface area (Å²) in [5, 5.41) is 2.86. The van der Waals surface area contributed by atoms with E-state index < -0.39 is 11.5 Å². The average Bonchev–Trinajstić information content (AvgIpc) is 2.73. The van der Waals surface area contributed by atoms with Gasteiger partial charge in [-0.05, 0) is 43.5 Å². The van der Waals surface area contributed by atoms with Crippen LogP contribution in [0.4, 0.5) is 5.69 Å². The fourth-order valence-electron chi connectivity index (χ4n) is 2.34. The average molecular weight is 288 g/mol. The maximum Gasteiger partial charge on any atom is 0.249 e. The largest absolute Gasteiger partial charge is 0.344 e. The van der Waals surface area contributed by atoms with Crippen molar-refractivity contribution in [3.63, 3.8) is 0 Å². The third kappa shape index (κ3) is 3.26. The third-order valence-corrected chi connectivity index (χ3v) is 3.99. The highest BCUT2D eigenvalue weighted by Gasteiger charge is 2.35. The molecule has 0 radical (unpaired) electrons. The molecule has 2 amide bonds. The fourth-order valence-corrected chi connectivity index (χ4v) is 2.34. The summed E-state index contributed by atoms with van der Waals surface area (Å²) in [6, 6.07) is 5.62. The van der Waals surface area contributed by atoms with Gasteiger partial charge in [0, 0.05) is 17.6 Å². The normalized spacial score (nSPS) is 19.0. The Balaban J connectivity index is 2.11. The van der Waals surface area contributed by atoms with Crippen molar-refractivity contribution in [3.05, 3.63) is 29.3 Å². The van der Waals surface area contributed by atoms with Gasteiger partial charge in [0.1, 0.15) is 6.04 Å². The molecule has 1 heterocycles. The molecule has 21 heavy (non-hydrogen) atoms. The molecule has 114 valence electrons. The number of hydrogen-bond acceptors (Lipinski definition) is 2. The number of nitrogens with zero attached hydrogens (tertiary/aromatic N) is 1. The number of amides is 2. The molecule has 4 heteroatoms. The zero-order chi connectivity index (χ0) is 15.8. The van der Waals surface area contributed by atoms with E-state index in [0.29, 0.717) is 13.0 Å². The highest BCUT2D eigenvalue weighted by atomic mass is 16.2. The molecule has 1 aromatic rings. The molecule has 0 aliphatic carbocycles. The Morgan fingerprint density at radius 2 is 1.90 bits per heavy atom. The second-order valence-electron chi connectivity index (χ2n) is 6.82. The van der Waals surface area contributed by atoms with E-state index in [9.17, 15) is 9.59 Å². The molecule has 1 aromatic carbocycles. The van der Waals surface area contributed by atoms with Gasteiger partial charge in [-0.1, -0.05) is 26.8 Å². The van der Waals surface area contributed by atoms with Crippen LogP contribution >= 0.6 is 0 Å². The van der Waals surface area contributed by atoms with Crippen LogP contribution in [-0.4, -0.2) is 24.4 Å². The molecule has 0 saturated carbocycles. The molecule has 0 unspecified atom stereocenters. The Labute approximate surface area is 126 Å². The quantitative estimate of drug-likeness (QED) is 0.909. The van der Waals surface area contributed by atoms with Crippen LogP contribution in [0.1, 0.15) is 38.3 Å². The lowest BCUT2D eigenvalue weighted by molar-refractivity contribution is -0.131. The van der Waals surface area contributed by atoms with Crippen molar-refractivity contribution in [2.24, 2.45) is 5.41 Å². The molecular formula is C17H24N2O2. The Kier molecular flexibility index (Phi) is 4.08. The van der Waals surface area contributed by atoms with Gasteiger partial charge in [0.25, 0.3) is 0 Å². The minimum atomic E-state index is -0.478. The number of nitrogens with one attached hydrogen (secondary N) is 1. The first-order valence-corrected chi connectivity index (χ1v) is 7.40. The maximum absolute atomic E-state index is 12.5. The highest BCUT2D eigenvalue weighted by molar-refractivity contribution is 6.01. The molecule has 1 saturated heterocycles. The molecule has 1 atom stereocenters. The molecule has 2 rings (SSSR count). The van der Waals surface area contributed by atoms with E-state index in [2.05, 4.69) is 12.2 Å². The van der Waals surface area contributed by atoms with Gasteiger partial charge in [-0.25, -0.2) is 0 Å². The Morgan fingerprint density at radius 3 is 2.48 bits per heavy atom. The maximum atomic E-state index is 12.5. The Hall–Kier alpha value is -1.84.